The molecule has 0 saturated carbocycles. The lowest BCUT2D eigenvalue weighted by Crippen LogP contribution is -2.26. The lowest BCUT2D eigenvalue weighted by molar-refractivity contribution is 0.254. The van der Waals surface area contributed by atoms with Gasteiger partial charge in [-0.25, -0.2) is 0 Å². The van der Waals surface area contributed by atoms with Gasteiger partial charge in [-0.15, -0.1) is 0 Å². The lowest BCUT2D eigenvalue weighted by atomic mass is 10.0. The summed E-state index contributed by atoms with van der Waals surface area (Å²) in [4.78, 5) is 0. The van der Waals surface area contributed by atoms with E-state index in [2.05, 4.69) is 26.1 Å². The van der Waals surface area contributed by atoms with E-state index in [9.17, 15) is 10.2 Å². The number of ether oxygens (including phenoxy) is 1. The summed E-state index contributed by atoms with van der Waals surface area (Å²) in [5.74, 6) is 0.589. The van der Waals surface area contributed by atoms with Gasteiger partial charge in [-0.1, -0.05) is 0 Å². The van der Waals surface area contributed by atoms with Crippen LogP contribution < -0.4 is 10.1 Å². The van der Waals surface area contributed by atoms with Crippen molar-refractivity contribution in [2.45, 2.75) is 39.5 Å². The Morgan fingerprint density at radius 2 is 1.82 bits per heavy atom. The molecule has 0 heterocycles. The SMILES string of the molecule is COc1cc(NC(C)(C)C)cc(CO)c1CO. The zero-order valence-corrected chi connectivity index (χ0v) is 10.9. The highest BCUT2D eigenvalue weighted by molar-refractivity contribution is 5.56. The van der Waals surface area contributed by atoms with Crippen LogP contribution in [0.1, 0.15) is 31.9 Å². The van der Waals surface area contributed by atoms with Crippen molar-refractivity contribution in [1.29, 1.82) is 0 Å². The maximum absolute atomic E-state index is 9.30. The topological polar surface area (TPSA) is 61.7 Å². The van der Waals surface area contributed by atoms with Gasteiger partial charge in [0.1, 0.15) is 5.75 Å². The second kappa shape index (κ2) is 5.38. The summed E-state index contributed by atoms with van der Waals surface area (Å²) in [5, 5.41) is 21.9. The van der Waals surface area contributed by atoms with Crippen LogP contribution in [0.4, 0.5) is 5.69 Å². The van der Waals surface area contributed by atoms with Crippen LogP contribution in [-0.4, -0.2) is 22.9 Å². The van der Waals surface area contributed by atoms with Crippen LogP contribution in [0.2, 0.25) is 0 Å². The molecule has 1 aromatic rings. The molecule has 1 rings (SSSR count). The largest absolute Gasteiger partial charge is 0.496 e. The second-order valence-electron chi connectivity index (χ2n) is 5.01. The highest BCUT2D eigenvalue weighted by atomic mass is 16.5. The van der Waals surface area contributed by atoms with E-state index in [1.165, 1.54) is 0 Å². The molecule has 0 amide bonds. The van der Waals surface area contributed by atoms with Gasteiger partial charge in [0.2, 0.25) is 0 Å². The normalized spacial score (nSPS) is 11.4. The summed E-state index contributed by atoms with van der Waals surface area (Å²) in [6, 6.07) is 3.66. The highest BCUT2D eigenvalue weighted by Crippen LogP contribution is 2.29. The number of rotatable bonds is 4. The molecule has 0 aromatic heterocycles. The molecular weight excluding hydrogens is 218 g/mol. The van der Waals surface area contributed by atoms with Crippen LogP contribution in [0.3, 0.4) is 0 Å². The Hall–Kier alpha value is -1.26. The molecule has 0 saturated heterocycles. The average molecular weight is 239 g/mol. The van der Waals surface area contributed by atoms with E-state index in [1.807, 2.05) is 12.1 Å². The van der Waals surface area contributed by atoms with Crippen molar-refractivity contribution in [1.82, 2.24) is 0 Å². The summed E-state index contributed by atoms with van der Waals surface area (Å²) in [5.41, 5.74) is 2.11. The first-order valence-electron chi connectivity index (χ1n) is 5.61. The molecule has 0 atom stereocenters. The molecule has 0 spiro atoms. The van der Waals surface area contributed by atoms with E-state index >= 15 is 0 Å². The molecule has 0 aliphatic heterocycles. The number of anilines is 1. The summed E-state index contributed by atoms with van der Waals surface area (Å²) in [6.07, 6.45) is 0. The predicted octanol–water partition coefficient (Wildman–Crippen LogP) is 1.89. The monoisotopic (exact) mass is 239 g/mol. The van der Waals surface area contributed by atoms with E-state index in [4.69, 9.17) is 4.74 Å². The summed E-state index contributed by atoms with van der Waals surface area (Å²) in [6.45, 7) is 5.90. The number of benzene rings is 1. The van der Waals surface area contributed by atoms with Gasteiger partial charge in [0.25, 0.3) is 0 Å². The van der Waals surface area contributed by atoms with Crippen molar-refractivity contribution < 1.29 is 14.9 Å². The fourth-order valence-electron chi connectivity index (χ4n) is 1.71. The zero-order valence-electron chi connectivity index (χ0n) is 10.9. The Morgan fingerprint density at radius 1 is 1.18 bits per heavy atom. The molecule has 4 heteroatoms. The van der Waals surface area contributed by atoms with Gasteiger partial charge in [0.05, 0.1) is 20.3 Å². The first-order chi connectivity index (χ1) is 7.91. The minimum absolute atomic E-state index is 0.0710. The van der Waals surface area contributed by atoms with E-state index < -0.39 is 0 Å². The van der Waals surface area contributed by atoms with E-state index in [0.717, 1.165) is 5.69 Å². The minimum Gasteiger partial charge on any atom is -0.496 e. The molecular formula is C13H21NO3. The van der Waals surface area contributed by atoms with E-state index in [1.54, 1.807) is 7.11 Å². The smallest absolute Gasteiger partial charge is 0.126 e. The minimum atomic E-state index is -0.144. The summed E-state index contributed by atoms with van der Waals surface area (Å²) >= 11 is 0. The van der Waals surface area contributed by atoms with Crippen molar-refractivity contribution in [3.63, 3.8) is 0 Å². The molecule has 17 heavy (non-hydrogen) atoms. The zero-order chi connectivity index (χ0) is 13.1. The fourth-order valence-corrected chi connectivity index (χ4v) is 1.71. The number of hydrogen-bond acceptors (Lipinski definition) is 4. The molecule has 1 aromatic carbocycles. The summed E-state index contributed by atoms with van der Waals surface area (Å²) < 4.78 is 5.22. The van der Waals surface area contributed by atoms with Crippen LogP contribution in [0, 0.1) is 0 Å². The van der Waals surface area contributed by atoms with Crippen LogP contribution >= 0.6 is 0 Å². The number of hydrogen-bond donors (Lipinski definition) is 3. The summed E-state index contributed by atoms with van der Waals surface area (Å²) in [7, 11) is 1.55. The Bertz CT molecular complexity index is 358. The predicted molar refractivity (Wildman–Crippen MR) is 68.2 cm³/mol. The first-order valence-corrected chi connectivity index (χ1v) is 5.61. The molecule has 0 radical (unpaired) electrons. The van der Waals surface area contributed by atoms with Gasteiger partial charge in [-0.05, 0) is 32.4 Å². The Morgan fingerprint density at radius 3 is 2.24 bits per heavy atom. The molecule has 0 bridgehead atoms. The second-order valence-corrected chi connectivity index (χ2v) is 5.01. The van der Waals surface area contributed by atoms with Gasteiger partial charge in [0, 0.05) is 22.9 Å². The molecule has 0 fully saturated rings. The van der Waals surface area contributed by atoms with E-state index in [-0.39, 0.29) is 18.8 Å². The van der Waals surface area contributed by atoms with Gasteiger partial charge >= 0.3 is 0 Å². The van der Waals surface area contributed by atoms with Gasteiger partial charge in [-0.3, -0.25) is 0 Å². The van der Waals surface area contributed by atoms with E-state index in [0.29, 0.717) is 16.9 Å². The highest BCUT2D eigenvalue weighted by Gasteiger charge is 2.14. The van der Waals surface area contributed by atoms with Crippen LogP contribution in [0.25, 0.3) is 0 Å². The Kier molecular flexibility index (Phi) is 4.37. The lowest BCUT2D eigenvalue weighted by Gasteiger charge is -2.24. The third-order valence-electron chi connectivity index (χ3n) is 2.37. The van der Waals surface area contributed by atoms with Crippen molar-refractivity contribution in [3.05, 3.63) is 23.3 Å². The average Bonchev–Trinajstić information content (AvgIpc) is 2.25. The van der Waals surface area contributed by atoms with Crippen molar-refractivity contribution in [2.24, 2.45) is 0 Å². The standard InChI is InChI=1S/C13H21NO3/c1-13(2,3)14-10-5-9(7-15)11(8-16)12(6-10)17-4/h5-6,14-16H,7-8H2,1-4H3. The van der Waals surface area contributed by atoms with Gasteiger partial charge in [-0.2, -0.15) is 0 Å². The van der Waals surface area contributed by atoms with Crippen molar-refractivity contribution in [2.75, 3.05) is 12.4 Å². The first kappa shape index (κ1) is 13.8. The number of aliphatic hydroxyl groups excluding tert-OH is 2. The van der Waals surface area contributed by atoms with Crippen LogP contribution in [0.5, 0.6) is 5.75 Å². The van der Waals surface area contributed by atoms with Crippen molar-refractivity contribution >= 4 is 5.69 Å². The molecule has 3 N–H and O–H groups in total. The molecule has 96 valence electrons. The molecule has 0 unspecified atom stereocenters. The molecule has 0 aliphatic carbocycles. The molecule has 0 aliphatic rings. The fraction of sp³-hybridized carbons (Fsp3) is 0.538. The van der Waals surface area contributed by atoms with Gasteiger partial charge < -0.3 is 20.3 Å². The third kappa shape index (κ3) is 3.61. The van der Waals surface area contributed by atoms with Crippen LogP contribution in [0.15, 0.2) is 12.1 Å². The number of aliphatic hydroxyl groups is 2. The number of nitrogens with one attached hydrogen (secondary N) is 1. The Labute approximate surface area is 102 Å². The van der Waals surface area contributed by atoms with Gasteiger partial charge in [0.15, 0.2) is 0 Å². The number of methoxy groups -OCH3 is 1. The maximum Gasteiger partial charge on any atom is 0.126 e. The van der Waals surface area contributed by atoms with Crippen LogP contribution in [-0.2, 0) is 13.2 Å². The quantitative estimate of drug-likeness (QED) is 0.751. The Balaban J connectivity index is 3.18. The molecule has 4 nitrogen and oxygen atoms in total. The van der Waals surface area contributed by atoms with Crippen molar-refractivity contribution in [3.8, 4) is 5.75 Å². The maximum atomic E-state index is 9.30. The third-order valence-corrected chi connectivity index (χ3v) is 2.37.